The number of aromatic nitrogens is 2. The molecule has 0 radical (unpaired) electrons. The van der Waals surface area contributed by atoms with E-state index in [4.69, 9.17) is 4.98 Å². The Kier molecular flexibility index (Phi) is 3.68. The summed E-state index contributed by atoms with van der Waals surface area (Å²) in [6, 6.07) is 14.7. The van der Waals surface area contributed by atoms with Gasteiger partial charge in [-0.1, -0.05) is 18.2 Å². The van der Waals surface area contributed by atoms with Crippen LogP contribution in [0.25, 0.3) is 22.2 Å². The van der Waals surface area contributed by atoms with Gasteiger partial charge in [0.2, 0.25) is 0 Å². The molecule has 3 N–H and O–H groups in total. The van der Waals surface area contributed by atoms with Crippen LogP contribution in [0.2, 0.25) is 0 Å². The second kappa shape index (κ2) is 5.99. The number of H-pyrrole nitrogens is 1. The van der Waals surface area contributed by atoms with Gasteiger partial charge in [0.25, 0.3) is 0 Å². The molecule has 1 saturated heterocycles. The molecule has 1 aliphatic rings. The topological polar surface area (TPSA) is 76.5 Å². The Hall–Kier alpha value is -2.84. The van der Waals surface area contributed by atoms with E-state index in [1.165, 1.54) is 0 Å². The lowest BCUT2D eigenvalue weighted by Gasteiger charge is -2.15. The number of aryl methyl sites for hydroxylation is 1. The van der Waals surface area contributed by atoms with Crippen molar-refractivity contribution in [3.63, 3.8) is 0 Å². The van der Waals surface area contributed by atoms with Gasteiger partial charge in [-0.3, -0.25) is 4.98 Å². The van der Waals surface area contributed by atoms with Crippen LogP contribution in [-0.4, -0.2) is 29.1 Å². The van der Waals surface area contributed by atoms with Crippen molar-refractivity contribution in [1.29, 1.82) is 5.26 Å². The molecule has 2 aromatic heterocycles. The van der Waals surface area contributed by atoms with E-state index in [0.717, 1.165) is 53.1 Å². The number of nitrogens with one attached hydrogen (secondary N) is 3. The number of pyridine rings is 1. The lowest BCUT2D eigenvalue weighted by atomic mass is 10.1. The first kappa shape index (κ1) is 14.7. The van der Waals surface area contributed by atoms with Crippen molar-refractivity contribution < 1.29 is 0 Å². The maximum atomic E-state index is 9.47. The van der Waals surface area contributed by atoms with Crippen LogP contribution >= 0.6 is 0 Å². The summed E-state index contributed by atoms with van der Waals surface area (Å²) in [7, 11) is 0. The number of anilines is 1. The fourth-order valence-corrected chi connectivity index (χ4v) is 3.34. The molecule has 5 heteroatoms. The number of aromatic amines is 1. The van der Waals surface area contributed by atoms with E-state index >= 15 is 0 Å². The number of hydrogen-bond acceptors (Lipinski definition) is 4. The number of para-hydroxylation sites is 1. The van der Waals surface area contributed by atoms with Crippen LogP contribution < -0.4 is 10.6 Å². The fourth-order valence-electron chi connectivity index (χ4n) is 3.34. The van der Waals surface area contributed by atoms with Crippen molar-refractivity contribution in [3.05, 3.63) is 47.8 Å². The standard InChI is InChI=1S/C19H19N5/c1-12-15(23-13-8-9-21-11-13)6-7-17(22-12)19-14-4-2-3-5-16(14)24-18(19)10-20/h2-7,13,21,23-24H,8-9,11H2,1H3. The molecule has 0 spiro atoms. The highest BCUT2D eigenvalue weighted by Gasteiger charge is 2.17. The van der Waals surface area contributed by atoms with Gasteiger partial charge < -0.3 is 15.6 Å². The van der Waals surface area contributed by atoms with Crippen molar-refractivity contribution >= 4 is 16.6 Å². The number of nitriles is 1. The van der Waals surface area contributed by atoms with Crippen LogP contribution in [-0.2, 0) is 0 Å². The Morgan fingerprint density at radius 2 is 2.12 bits per heavy atom. The van der Waals surface area contributed by atoms with E-state index in [9.17, 15) is 5.26 Å². The lowest BCUT2D eigenvalue weighted by molar-refractivity contribution is 0.791. The molecule has 0 bridgehead atoms. The minimum absolute atomic E-state index is 0.458. The normalized spacial score (nSPS) is 17.1. The highest BCUT2D eigenvalue weighted by atomic mass is 15.0. The zero-order valence-corrected chi connectivity index (χ0v) is 13.6. The fraction of sp³-hybridized carbons (Fsp3) is 0.263. The van der Waals surface area contributed by atoms with Crippen molar-refractivity contribution in [1.82, 2.24) is 15.3 Å². The first-order chi connectivity index (χ1) is 11.8. The van der Waals surface area contributed by atoms with Crippen LogP contribution in [0.1, 0.15) is 17.8 Å². The van der Waals surface area contributed by atoms with Gasteiger partial charge in [0, 0.05) is 29.1 Å². The van der Waals surface area contributed by atoms with E-state index in [2.05, 4.69) is 27.8 Å². The zero-order chi connectivity index (χ0) is 16.5. The summed E-state index contributed by atoms with van der Waals surface area (Å²) in [5, 5.41) is 17.4. The molecular weight excluding hydrogens is 298 g/mol. The van der Waals surface area contributed by atoms with Crippen LogP contribution in [0.3, 0.4) is 0 Å². The number of nitrogens with zero attached hydrogens (tertiary/aromatic N) is 2. The van der Waals surface area contributed by atoms with Gasteiger partial charge >= 0.3 is 0 Å². The van der Waals surface area contributed by atoms with Gasteiger partial charge in [0.1, 0.15) is 11.8 Å². The van der Waals surface area contributed by atoms with Crippen molar-refractivity contribution in [2.45, 2.75) is 19.4 Å². The Morgan fingerprint density at radius 1 is 1.25 bits per heavy atom. The minimum atomic E-state index is 0.458. The highest BCUT2D eigenvalue weighted by Crippen LogP contribution is 2.32. The molecular formula is C19H19N5. The summed E-state index contributed by atoms with van der Waals surface area (Å²) in [4.78, 5) is 7.94. The summed E-state index contributed by atoms with van der Waals surface area (Å²) in [5.41, 5.74) is 5.24. The first-order valence-corrected chi connectivity index (χ1v) is 8.22. The summed E-state index contributed by atoms with van der Waals surface area (Å²) >= 11 is 0. The van der Waals surface area contributed by atoms with Crippen LogP contribution in [0.5, 0.6) is 0 Å². The predicted molar refractivity (Wildman–Crippen MR) is 95.9 cm³/mol. The van der Waals surface area contributed by atoms with Crippen molar-refractivity contribution in [2.24, 2.45) is 0 Å². The molecule has 4 rings (SSSR count). The second-order valence-electron chi connectivity index (χ2n) is 6.20. The Labute approximate surface area is 140 Å². The van der Waals surface area contributed by atoms with E-state index in [0.29, 0.717) is 11.7 Å². The summed E-state index contributed by atoms with van der Waals surface area (Å²) < 4.78 is 0. The largest absolute Gasteiger partial charge is 0.380 e. The number of benzene rings is 1. The summed E-state index contributed by atoms with van der Waals surface area (Å²) in [6.07, 6.45) is 1.13. The first-order valence-electron chi connectivity index (χ1n) is 8.22. The minimum Gasteiger partial charge on any atom is -0.380 e. The van der Waals surface area contributed by atoms with Gasteiger partial charge in [0.15, 0.2) is 0 Å². The van der Waals surface area contributed by atoms with Crippen molar-refractivity contribution in [2.75, 3.05) is 18.4 Å². The predicted octanol–water partition coefficient (Wildman–Crippen LogP) is 3.18. The molecule has 0 amide bonds. The Morgan fingerprint density at radius 3 is 2.88 bits per heavy atom. The number of hydrogen-bond donors (Lipinski definition) is 3. The molecule has 1 aliphatic heterocycles. The van der Waals surface area contributed by atoms with E-state index in [1.54, 1.807) is 0 Å². The Bertz CT molecular complexity index is 929. The Balaban J connectivity index is 1.75. The molecule has 24 heavy (non-hydrogen) atoms. The van der Waals surface area contributed by atoms with Gasteiger partial charge in [-0.05, 0) is 38.1 Å². The third-order valence-electron chi connectivity index (χ3n) is 4.58. The number of fused-ring (bicyclic) bond motifs is 1. The maximum absolute atomic E-state index is 9.47. The van der Waals surface area contributed by atoms with Crippen molar-refractivity contribution in [3.8, 4) is 17.3 Å². The molecule has 0 saturated carbocycles. The molecule has 3 aromatic rings. The van der Waals surface area contributed by atoms with E-state index < -0.39 is 0 Å². The van der Waals surface area contributed by atoms with Gasteiger partial charge in [-0.15, -0.1) is 0 Å². The number of rotatable bonds is 3. The molecule has 1 aromatic carbocycles. The van der Waals surface area contributed by atoms with Gasteiger partial charge in [-0.2, -0.15) is 5.26 Å². The summed E-state index contributed by atoms with van der Waals surface area (Å²) in [6.45, 7) is 4.06. The molecule has 1 atom stereocenters. The monoisotopic (exact) mass is 317 g/mol. The van der Waals surface area contributed by atoms with Crippen LogP contribution in [0.15, 0.2) is 36.4 Å². The van der Waals surface area contributed by atoms with Crippen LogP contribution in [0, 0.1) is 18.3 Å². The third kappa shape index (κ3) is 2.51. The molecule has 120 valence electrons. The molecule has 1 fully saturated rings. The van der Waals surface area contributed by atoms with E-state index in [1.807, 2.05) is 37.3 Å². The molecule has 0 aliphatic carbocycles. The molecule has 3 heterocycles. The van der Waals surface area contributed by atoms with Gasteiger partial charge in [-0.25, -0.2) is 0 Å². The van der Waals surface area contributed by atoms with Crippen LogP contribution in [0.4, 0.5) is 5.69 Å². The maximum Gasteiger partial charge on any atom is 0.128 e. The van der Waals surface area contributed by atoms with Gasteiger partial charge in [0.05, 0.1) is 17.1 Å². The molecule has 5 nitrogen and oxygen atoms in total. The average Bonchev–Trinajstić information content (AvgIpc) is 3.23. The quantitative estimate of drug-likeness (QED) is 0.693. The SMILES string of the molecule is Cc1nc(-c2c(C#N)[nH]c3ccccc23)ccc1NC1CCNC1. The zero-order valence-electron chi connectivity index (χ0n) is 13.6. The smallest absolute Gasteiger partial charge is 0.128 e. The lowest BCUT2D eigenvalue weighted by Crippen LogP contribution is -2.22. The highest BCUT2D eigenvalue weighted by molar-refractivity contribution is 5.97. The third-order valence-corrected chi connectivity index (χ3v) is 4.58. The second-order valence-corrected chi connectivity index (χ2v) is 6.20. The summed E-state index contributed by atoms with van der Waals surface area (Å²) in [5.74, 6) is 0. The molecule has 1 unspecified atom stereocenters. The van der Waals surface area contributed by atoms with E-state index in [-0.39, 0.29) is 0 Å². The average molecular weight is 317 g/mol.